The Balaban J connectivity index is 1.57. The molecule has 0 saturated heterocycles. The minimum Gasteiger partial charge on any atom is -0.497 e. The number of hydrogen-bond acceptors (Lipinski definition) is 4. The molecule has 0 saturated carbocycles. The molecule has 128 valence electrons. The summed E-state index contributed by atoms with van der Waals surface area (Å²) in [5, 5.41) is 3.35. The molecule has 0 spiro atoms. The van der Waals surface area contributed by atoms with Crippen LogP contribution in [0.2, 0.25) is 0 Å². The number of ether oxygens (including phenoxy) is 1. The number of rotatable bonds is 6. The number of fused-ring (bicyclic) bond motifs is 1. The van der Waals surface area contributed by atoms with Crippen molar-refractivity contribution in [1.82, 2.24) is 14.9 Å². The van der Waals surface area contributed by atoms with Crippen molar-refractivity contribution in [3.63, 3.8) is 0 Å². The van der Waals surface area contributed by atoms with Gasteiger partial charge in [-0.25, -0.2) is 0 Å². The van der Waals surface area contributed by atoms with Crippen LogP contribution in [0, 0.1) is 0 Å². The fourth-order valence-electron chi connectivity index (χ4n) is 2.59. The summed E-state index contributed by atoms with van der Waals surface area (Å²) in [6.45, 7) is 0.501. The first-order chi connectivity index (χ1) is 12.2. The van der Waals surface area contributed by atoms with Gasteiger partial charge in [0.15, 0.2) is 0 Å². The Morgan fingerprint density at radius 1 is 1.20 bits per heavy atom. The van der Waals surface area contributed by atoms with Crippen LogP contribution >= 0.6 is 0 Å². The van der Waals surface area contributed by atoms with E-state index in [2.05, 4.69) is 10.3 Å². The molecule has 1 N–H and O–H groups in total. The van der Waals surface area contributed by atoms with Crippen LogP contribution in [0.25, 0.3) is 10.9 Å². The van der Waals surface area contributed by atoms with E-state index in [1.807, 2.05) is 24.3 Å². The van der Waals surface area contributed by atoms with E-state index < -0.39 is 0 Å². The summed E-state index contributed by atoms with van der Waals surface area (Å²) in [6.07, 6.45) is 3.95. The van der Waals surface area contributed by atoms with Gasteiger partial charge < -0.3 is 14.6 Å². The second-order valence-corrected chi connectivity index (χ2v) is 5.63. The lowest BCUT2D eigenvalue weighted by Crippen LogP contribution is -2.33. The molecule has 0 bridgehead atoms. The quantitative estimate of drug-likeness (QED) is 0.744. The highest BCUT2D eigenvalue weighted by atomic mass is 16.5. The van der Waals surface area contributed by atoms with Gasteiger partial charge in [-0.1, -0.05) is 12.1 Å². The van der Waals surface area contributed by atoms with Gasteiger partial charge >= 0.3 is 0 Å². The molecule has 3 rings (SSSR count). The molecule has 2 heterocycles. The second kappa shape index (κ2) is 7.61. The number of hydrogen-bond donors (Lipinski definition) is 1. The van der Waals surface area contributed by atoms with Crippen molar-refractivity contribution in [3.05, 3.63) is 70.8 Å². The predicted octanol–water partition coefficient (Wildman–Crippen LogP) is 1.76. The molecule has 0 unspecified atom stereocenters. The Bertz CT molecular complexity index is 933. The molecule has 0 aliphatic rings. The third kappa shape index (κ3) is 4.03. The standard InChI is InChI=1S/C19H19N3O3/c1-25-15-6-4-14(5-7-15)8-11-21-18(23)13-22-12-9-17-16(19(22)24)3-2-10-20-17/h2-7,9-10,12H,8,11,13H2,1H3,(H,21,23). The Labute approximate surface area is 145 Å². The van der Waals surface area contributed by atoms with Crippen LogP contribution in [0.15, 0.2) is 59.7 Å². The maximum atomic E-state index is 12.4. The molecule has 0 aliphatic heterocycles. The summed E-state index contributed by atoms with van der Waals surface area (Å²) in [4.78, 5) is 28.6. The Kier molecular flexibility index (Phi) is 5.09. The predicted molar refractivity (Wildman–Crippen MR) is 95.7 cm³/mol. The molecule has 3 aromatic rings. The highest BCUT2D eigenvalue weighted by Gasteiger charge is 2.07. The zero-order valence-electron chi connectivity index (χ0n) is 13.9. The molecule has 0 aliphatic carbocycles. The van der Waals surface area contributed by atoms with Crippen molar-refractivity contribution in [3.8, 4) is 5.75 Å². The third-order valence-corrected chi connectivity index (χ3v) is 3.95. The van der Waals surface area contributed by atoms with Crippen LogP contribution in [0.4, 0.5) is 0 Å². The molecule has 25 heavy (non-hydrogen) atoms. The van der Waals surface area contributed by atoms with Gasteiger partial charge in [0.05, 0.1) is 18.0 Å². The summed E-state index contributed by atoms with van der Waals surface area (Å²) in [5.41, 5.74) is 1.52. The number of amides is 1. The number of pyridine rings is 2. The minimum absolute atomic E-state index is 0.00766. The second-order valence-electron chi connectivity index (χ2n) is 5.63. The fraction of sp³-hybridized carbons (Fsp3) is 0.211. The molecule has 6 nitrogen and oxygen atoms in total. The van der Waals surface area contributed by atoms with Crippen molar-refractivity contribution in [1.29, 1.82) is 0 Å². The third-order valence-electron chi connectivity index (χ3n) is 3.95. The summed E-state index contributed by atoms with van der Waals surface area (Å²) >= 11 is 0. The molecule has 2 aromatic heterocycles. The molecule has 6 heteroatoms. The minimum atomic E-state index is -0.212. The van der Waals surface area contributed by atoms with E-state index in [4.69, 9.17) is 4.74 Å². The van der Waals surface area contributed by atoms with Crippen molar-refractivity contribution in [2.45, 2.75) is 13.0 Å². The van der Waals surface area contributed by atoms with E-state index in [9.17, 15) is 9.59 Å². The maximum absolute atomic E-state index is 12.4. The van der Waals surface area contributed by atoms with Gasteiger partial charge in [0.25, 0.3) is 5.56 Å². The highest BCUT2D eigenvalue weighted by Crippen LogP contribution is 2.11. The van der Waals surface area contributed by atoms with Crippen molar-refractivity contribution in [2.75, 3.05) is 13.7 Å². The van der Waals surface area contributed by atoms with Gasteiger partial charge in [-0.05, 0) is 42.3 Å². The lowest BCUT2D eigenvalue weighted by Gasteiger charge is -2.08. The van der Waals surface area contributed by atoms with Gasteiger partial charge in [-0.3, -0.25) is 14.6 Å². The SMILES string of the molecule is COc1ccc(CCNC(=O)Cn2ccc3ncccc3c2=O)cc1. The van der Waals surface area contributed by atoms with Crippen LogP contribution in [0.5, 0.6) is 5.75 Å². The summed E-state index contributed by atoms with van der Waals surface area (Å²) in [6, 6.07) is 12.9. The van der Waals surface area contributed by atoms with E-state index in [1.165, 1.54) is 4.57 Å². The summed E-state index contributed by atoms with van der Waals surface area (Å²) in [5.74, 6) is 0.608. The first kappa shape index (κ1) is 16.7. The van der Waals surface area contributed by atoms with E-state index in [-0.39, 0.29) is 18.0 Å². The number of aromatic nitrogens is 2. The lowest BCUT2D eigenvalue weighted by atomic mass is 10.1. The smallest absolute Gasteiger partial charge is 0.260 e. The lowest BCUT2D eigenvalue weighted by molar-refractivity contribution is -0.121. The van der Waals surface area contributed by atoms with Gasteiger partial charge in [0.2, 0.25) is 5.91 Å². The van der Waals surface area contributed by atoms with Crippen LogP contribution < -0.4 is 15.6 Å². The highest BCUT2D eigenvalue weighted by molar-refractivity contribution is 5.78. The number of carbonyl (C=O) groups is 1. The van der Waals surface area contributed by atoms with E-state index in [1.54, 1.807) is 37.7 Å². The first-order valence-electron chi connectivity index (χ1n) is 8.01. The summed E-state index contributed by atoms with van der Waals surface area (Å²) < 4.78 is 6.51. The van der Waals surface area contributed by atoms with Crippen LogP contribution in [-0.2, 0) is 17.8 Å². The summed E-state index contributed by atoms with van der Waals surface area (Å²) in [7, 11) is 1.63. The van der Waals surface area contributed by atoms with Crippen LogP contribution in [0.1, 0.15) is 5.56 Å². The zero-order chi connectivity index (χ0) is 17.6. The van der Waals surface area contributed by atoms with Gasteiger partial charge in [0, 0.05) is 18.9 Å². The molecule has 0 radical (unpaired) electrons. The van der Waals surface area contributed by atoms with Crippen LogP contribution in [-0.4, -0.2) is 29.1 Å². The Hall–Kier alpha value is -3.15. The average molecular weight is 337 g/mol. The van der Waals surface area contributed by atoms with E-state index in [0.717, 1.165) is 11.3 Å². The zero-order valence-corrected chi connectivity index (χ0v) is 13.9. The number of nitrogens with zero attached hydrogens (tertiary/aromatic N) is 2. The number of methoxy groups -OCH3 is 1. The Morgan fingerprint density at radius 2 is 2.00 bits per heavy atom. The van der Waals surface area contributed by atoms with Crippen molar-refractivity contribution < 1.29 is 9.53 Å². The average Bonchev–Trinajstić information content (AvgIpc) is 2.65. The number of nitrogens with one attached hydrogen (secondary N) is 1. The first-order valence-corrected chi connectivity index (χ1v) is 8.01. The molecule has 0 fully saturated rings. The monoisotopic (exact) mass is 337 g/mol. The molecule has 1 amide bonds. The largest absolute Gasteiger partial charge is 0.497 e. The number of carbonyl (C=O) groups excluding carboxylic acids is 1. The van der Waals surface area contributed by atoms with Crippen molar-refractivity contribution in [2.24, 2.45) is 0 Å². The molecule has 1 aromatic carbocycles. The maximum Gasteiger partial charge on any atom is 0.260 e. The molecule has 0 atom stereocenters. The van der Waals surface area contributed by atoms with Gasteiger partial charge in [-0.15, -0.1) is 0 Å². The molecular weight excluding hydrogens is 318 g/mol. The van der Waals surface area contributed by atoms with Gasteiger partial charge in [0.1, 0.15) is 12.3 Å². The topological polar surface area (TPSA) is 73.2 Å². The van der Waals surface area contributed by atoms with Gasteiger partial charge in [-0.2, -0.15) is 0 Å². The van der Waals surface area contributed by atoms with Crippen molar-refractivity contribution >= 4 is 16.8 Å². The Morgan fingerprint density at radius 3 is 2.76 bits per heavy atom. The normalized spacial score (nSPS) is 10.6. The fourth-order valence-corrected chi connectivity index (χ4v) is 2.59. The van der Waals surface area contributed by atoms with E-state index >= 15 is 0 Å². The van der Waals surface area contributed by atoms with Crippen LogP contribution in [0.3, 0.4) is 0 Å². The number of benzene rings is 1. The molecular formula is C19H19N3O3. The van der Waals surface area contributed by atoms with E-state index in [0.29, 0.717) is 23.9 Å².